The van der Waals surface area contributed by atoms with E-state index >= 15 is 0 Å². The lowest BCUT2D eigenvalue weighted by Crippen LogP contribution is -2.44. The van der Waals surface area contributed by atoms with E-state index in [9.17, 15) is 14.0 Å². The summed E-state index contributed by atoms with van der Waals surface area (Å²) in [6.07, 6.45) is 0. The number of likely N-dealkylation sites (N-methyl/N-ethyl adjacent to an activating group) is 1. The van der Waals surface area contributed by atoms with Gasteiger partial charge in [0.1, 0.15) is 5.82 Å². The first-order valence-corrected chi connectivity index (χ1v) is 8.91. The van der Waals surface area contributed by atoms with E-state index in [1.165, 1.54) is 12.1 Å². The van der Waals surface area contributed by atoms with Crippen LogP contribution in [0.15, 0.2) is 42.5 Å². The SMILES string of the molecule is CN1CCN(c2ccc(NC(=O)C(=O)Nc3ccc(F)c(Cl)c3)cc2)CC1. The van der Waals surface area contributed by atoms with Gasteiger partial charge < -0.3 is 20.4 Å². The Kier molecular flexibility index (Phi) is 5.93. The van der Waals surface area contributed by atoms with Crippen LogP contribution in [-0.2, 0) is 9.59 Å². The van der Waals surface area contributed by atoms with Gasteiger partial charge in [-0.3, -0.25) is 9.59 Å². The van der Waals surface area contributed by atoms with Gasteiger partial charge in [-0.25, -0.2) is 4.39 Å². The lowest BCUT2D eigenvalue weighted by molar-refractivity contribution is -0.132. The van der Waals surface area contributed by atoms with E-state index in [1.807, 2.05) is 12.1 Å². The van der Waals surface area contributed by atoms with Crippen LogP contribution < -0.4 is 15.5 Å². The molecule has 2 aromatic carbocycles. The van der Waals surface area contributed by atoms with Crippen molar-refractivity contribution in [2.24, 2.45) is 0 Å². The summed E-state index contributed by atoms with van der Waals surface area (Å²) in [6.45, 7) is 3.91. The van der Waals surface area contributed by atoms with Crippen LogP contribution in [0.2, 0.25) is 5.02 Å². The van der Waals surface area contributed by atoms with Gasteiger partial charge in [-0.2, -0.15) is 0 Å². The smallest absolute Gasteiger partial charge is 0.314 e. The number of rotatable bonds is 3. The average molecular weight is 391 g/mol. The number of nitrogens with zero attached hydrogens (tertiary/aromatic N) is 2. The van der Waals surface area contributed by atoms with Crippen LogP contribution in [0.5, 0.6) is 0 Å². The van der Waals surface area contributed by atoms with Crippen LogP contribution in [0.3, 0.4) is 0 Å². The number of benzene rings is 2. The van der Waals surface area contributed by atoms with Crippen molar-refractivity contribution >= 4 is 40.5 Å². The Morgan fingerprint density at radius 3 is 2.07 bits per heavy atom. The third kappa shape index (κ3) is 4.96. The van der Waals surface area contributed by atoms with Gasteiger partial charge in [0.25, 0.3) is 0 Å². The Hall–Kier alpha value is -2.64. The molecular formula is C19H20ClFN4O2. The van der Waals surface area contributed by atoms with Crippen molar-refractivity contribution < 1.29 is 14.0 Å². The van der Waals surface area contributed by atoms with E-state index in [0.717, 1.165) is 37.9 Å². The molecule has 0 saturated carbocycles. The molecule has 1 fully saturated rings. The van der Waals surface area contributed by atoms with Crippen LogP contribution in [0, 0.1) is 5.82 Å². The van der Waals surface area contributed by atoms with Crippen molar-refractivity contribution in [1.29, 1.82) is 0 Å². The van der Waals surface area contributed by atoms with Crippen molar-refractivity contribution in [3.05, 3.63) is 53.3 Å². The van der Waals surface area contributed by atoms with Crippen LogP contribution in [0.4, 0.5) is 21.5 Å². The molecule has 0 bridgehead atoms. The van der Waals surface area contributed by atoms with Gasteiger partial charge in [-0.15, -0.1) is 0 Å². The van der Waals surface area contributed by atoms with Gasteiger partial charge in [0.2, 0.25) is 0 Å². The molecular weight excluding hydrogens is 371 g/mol. The molecule has 1 saturated heterocycles. The molecule has 1 aliphatic rings. The molecule has 6 nitrogen and oxygen atoms in total. The summed E-state index contributed by atoms with van der Waals surface area (Å²) in [4.78, 5) is 28.6. The second-order valence-electron chi connectivity index (χ2n) is 6.37. The second-order valence-corrected chi connectivity index (χ2v) is 6.78. The summed E-state index contributed by atoms with van der Waals surface area (Å²) < 4.78 is 13.1. The van der Waals surface area contributed by atoms with Gasteiger partial charge >= 0.3 is 11.8 Å². The minimum absolute atomic E-state index is 0.132. The summed E-state index contributed by atoms with van der Waals surface area (Å²) in [5, 5.41) is 4.79. The number of hydrogen-bond donors (Lipinski definition) is 2. The van der Waals surface area contributed by atoms with E-state index in [1.54, 1.807) is 12.1 Å². The molecule has 0 radical (unpaired) electrons. The number of nitrogens with one attached hydrogen (secondary N) is 2. The Labute approximate surface area is 161 Å². The second kappa shape index (κ2) is 8.37. The largest absolute Gasteiger partial charge is 0.369 e. The van der Waals surface area contributed by atoms with Gasteiger partial charge in [-0.05, 0) is 49.5 Å². The number of carbonyl (C=O) groups is 2. The molecule has 1 heterocycles. The van der Waals surface area contributed by atoms with E-state index in [2.05, 4.69) is 27.5 Å². The van der Waals surface area contributed by atoms with Gasteiger partial charge in [0.15, 0.2) is 0 Å². The zero-order valence-corrected chi connectivity index (χ0v) is 15.6. The fourth-order valence-corrected chi connectivity index (χ4v) is 2.95. The van der Waals surface area contributed by atoms with Crippen LogP contribution in [0.1, 0.15) is 0 Å². The molecule has 2 aromatic rings. The number of piperazine rings is 1. The fourth-order valence-electron chi connectivity index (χ4n) is 2.77. The summed E-state index contributed by atoms with van der Waals surface area (Å²) in [7, 11) is 2.10. The van der Waals surface area contributed by atoms with Crippen LogP contribution in [-0.4, -0.2) is 49.9 Å². The Morgan fingerprint density at radius 2 is 1.48 bits per heavy atom. The maximum atomic E-state index is 13.1. The molecule has 0 atom stereocenters. The molecule has 2 amide bonds. The molecule has 142 valence electrons. The fraction of sp³-hybridized carbons (Fsp3) is 0.263. The maximum Gasteiger partial charge on any atom is 0.314 e. The van der Waals surface area contributed by atoms with E-state index in [-0.39, 0.29) is 10.7 Å². The molecule has 27 heavy (non-hydrogen) atoms. The minimum atomic E-state index is -0.860. The standard InChI is InChI=1S/C19H20ClFN4O2/c1-24-8-10-25(11-9-24)15-5-2-13(3-6-15)22-18(26)19(27)23-14-4-7-17(21)16(20)12-14/h2-7,12H,8-11H2,1H3,(H,22,26)(H,23,27). The highest BCUT2D eigenvalue weighted by atomic mass is 35.5. The topological polar surface area (TPSA) is 64.7 Å². The third-order valence-corrected chi connectivity index (χ3v) is 4.67. The number of amides is 2. The number of hydrogen-bond acceptors (Lipinski definition) is 4. The van der Waals surface area contributed by atoms with Crippen molar-refractivity contribution in [3.8, 4) is 0 Å². The molecule has 3 rings (SSSR count). The highest BCUT2D eigenvalue weighted by Crippen LogP contribution is 2.21. The number of anilines is 3. The van der Waals surface area contributed by atoms with Crippen molar-refractivity contribution in [3.63, 3.8) is 0 Å². The minimum Gasteiger partial charge on any atom is -0.369 e. The summed E-state index contributed by atoms with van der Waals surface area (Å²) in [5.41, 5.74) is 1.84. The highest BCUT2D eigenvalue weighted by molar-refractivity contribution is 6.43. The normalized spacial score (nSPS) is 14.7. The van der Waals surface area contributed by atoms with Gasteiger partial charge in [0, 0.05) is 43.2 Å². The molecule has 0 spiro atoms. The Morgan fingerprint density at radius 1 is 0.926 bits per heavy atom. The number of carbonyl (C=O) groups excluding carboxylic acids is 2. The predicted molar refractivity (Wildman–Crippen MR) is 105 cm³/mol. The molecule has 2 N–H and O–H groups in total. The van der Waals surface area contributed by atoms with Crippen LogP contribution >= 0.6 is 11.6 Å². The summed E-state index contributed by atoms with van der Waals surface area (Å²) in [5.74, 6) is -2.27. The third-order valence-electron chi connectivity index (χ3n) is 4.38. The quantitative estimate of drug-likeness (QED) is 0.791. The van der Waals surface area contributed by atoms with Crippen LogP contribution in [0.25, 0.3) is 0 Å². The van der Waals surface area contributed by atoms with Gasteiger partial charge in [0.05, 0.1) is 5.02 Å². The Balaban J connectivity index is 1.56. The monoisotopic (exact) mass is 390 g/mol. The molecule has 8 heteroatoms. The first kappa shape index (κ1) is 19.1. The first-order chi connectivity index (χ1) is 12.9. The highest BCUT2D eigenvalue weighted by Gasteiger charge is 2.16. The van der Waals surface area contributed by atoms with Crippen molar-refractivity contribution in [2.75, 3.05) is 48.8 Å². The zero-order valence-electron chi connectivity index (χ0n) is 14.8. The molecule has 0 aliphatic carbocycles. The van der Waals surface area contributed by atoms with E-state index < -0.39 is 17.6 Å². The van der Waals surface area contributed by atoms with Crippen molar-refractivity contribution in [2.45, 2.75) is 0 Å². The molecule has 0 unspecified atom stereocenters. The lowest BCUT2D eigenvalue weighted by atomic mass is 10.2. The summed E-state index contributed by atoms with van der Waals surface area (Å²) in [6, 6.07) is 11.0. The van der Waals surface area contributed by atoms with Gasteiger partial charge in [-0.1, -0.05) is 11.6 Å². The summed E-state index contributed by atoms with van der Waals surface area (Å²) >= 11 is 5.66. The maximum absolute atomic E-state index is 13.1. The predicted octanol–water partition coefficient (Wildman–Crippen LogP) is 2.81. The lowest BCUT2D eigenvalue weighted by Gasteiger charge is -2.34. The number of halogens is 2. The first-order valence-electron chi connectivity index (χ1n) is 8.53. The zero-order chi connectivity index (χ0) is 19.4. The molecule has 0 aromatic heterocycles. The average Bonchev–Trinajstić information content (AvgIpc) is 2.66. The molecule has 1 aliphatic heterocycles. The van der Waals surface area contributed by atoms with Crippen molar-refractivity contribution in [1.82, 2.24) is 4.90 Å². The van der Waals surface area contributed by atoms with E-state index in [0.29, 0.717) is 5.69 Å². The Bertz CT molecular complexity index is 836. The van der Waals surface area contributed by atoms with E-state index in [4.69, 9.17) is 11.6 Å².